The van der Waals surface area contributed by atoms with E-state index in [0.29, 0.717) is 11.8 Å². The maximum atomic E-state index is 11.5. The van der Waals surface area contributed by atoms with Gasteiger partial charge in [-0.3, -0.25) is 10.2 Å². The number of hydrazine groups is 1. The highest BCUT2D eigenvalue weighted by atomic mass is 79.9. The number of rotatable bonds is 3. The molecule has 5 N–H and O–H groups in total. The number of hydrogen-bond acceptors (Lipinski definition) is 6. The molecule has 0 saturated carbocycles. The number of carbonyl (C=O) groups excluding carboxylic acids is 1. The first-order valence-electron chi connectivity index (χ1n) is 5.68. The van der Waals surface area contributed by atoms with Crippen LogP contribution < -0.4 is 21.9 Å². The second-order valence-electron chi connectivity index (χ2n) is 4.12. The lowest BCUT2D eigenvalue weighted by molar-refractivity contribution is -0.119. The number of nitrogens with two attached hydrogens (primary N) is 2. The van der Waals surface area contributed by atoms with Gasteiger partial charge in [0.05, 0.1) is 4.47 Å². The van der Waals surface area contributed by atoms with E-state index in [4.69, 9.17) is 11.6 Å². The van der Waals surface area contributed by atoms with Crippen molar-refractivity contribution in [2.24, 2.45) is 11.6 Å². The zero-order chi connectivity index (χ0) is 13.1. The smallest absolute Gasteiger partial charge is 0.240 e. The minimum atomic E-state index is -0.331. The minimum absolute atomic E-state index is 0.307. The number of nitrogens with zero attached hydrogens (tertiary/aromatic N) is 3. The van der Waals surface area contributed by atoms with E-state index in [9.17, 15) is 4.79 Å². The number of nitrogen functional groups attached to an aromatic ring is 1. The topological polar surface area (TPSA) is 110 Å². The van der Waals surface area contributed by atoms with Gasteiger partial charge in [-0.2, -0.15) is 4.98 Å². The second-order valence-corrected chi connectivity index (χ2v) is 4.97. The molecule has 1 atom stereocenters. The van der Waals surface area contributed by atoms with E-state index in [1.807, 2.05) is 4.90 Å². The number of amides is 1. The zero-order valence-corrected chi connectivity index (χ0v) is 11.4. The molecule has 1 aliphatic heterocycles. The van der Waals surface area contributed by atoms with Crippen LogP contribution in [0, 0.1) is 0 Å². The standard InChI is InChI=1S/C10H15BrN6O/c11-6-5-14-10(16-13)15-9(6)17-4-2-1-3-7(17)8(12)18/h5,7H,1-4,13H2,(H2,12,18)(H,14,15,16). The molecule has 0 spiro atoms. The molecule has 0 radical (unpaired) electrons. The molecular formula is C10H15BrN6O. The fraction of sp³-hybridized carbons (Fsp3) is 0.500. The Morgan fingerprint density at radius 1 is 1.56 bits per heavy atom. The second kappa shape index (κ2) is 5.49. The predicted molar refractivity (Wildman–Crippen MR) is 71.7 cm³/mol. The number of piperidine rings is 1. The average molecular weight is 315 g/mol. The van der Waals surface area contributed by atoms with E-state index in [-0.39, 0.29) is 11.9 Å². The van der Waals surface area contributed by atoms with Crippen LogP contribution in [0.3, 0.4) is 0 Å². The van der Waals surface area contributed by atoms with Gasteiger partial charge in [-0.25, -0.2) is 10.8 Å². The molecule has 0 bridgehead atoms. The van der Waals surface area contributed by atoms with E-state index in [1.165, 1.54) is 0 Å². The van der Waals surface area contributed by atoms with Gasteiger partial charge in [-0.05, 0) is 35.2 Å². The molecule has 8 heteroatoms. The first-order valence-corrected chi connectivity index (χ1v) is 6.48. The Kier molecular flexibility index (Phi) is 3.97. The van der Waals surface area contributed by atoms with Crippen LogP contribution in [-0.2, 0) is 4.79 Å². The Morgan fingerprint density at radius 2 is 2.33 bits per heavy atom. The maximum absolute atomic E-state index is 11.5. The number of primary amides is 1. The molecule has 2 heterocycles. The first kappa shape index (κ1) is 13.0. The van der Waals surface area contributed by atoms with Crippen molar-refractivity contribution in [3.05, 3.63) is 10.7 Å². The fourth-order valence-electron chi connectivity index (χ4n) is 2.11. The normalized spacial score (nSPS) is 19.7. The zero-order valence-electron chi connectivity index (χ0n) is 9.77. The highest BCUT2D eigenvalue weighted by Gasteiger charge is 2.29. The van der Waals surface area contributed by atoms with Gasteiger partial charge in [0.15, 0.2) is 0 Å². The van der Waals surface area contributed by atoms with Crippen molar-refractivity contribution in [1.82, 2.24) is 9.97 Å². The predicted octanol–water partition coefficient (Wildman–Crippen LogP) is 0.369. The van der Waals surface area contributed by atoms with Crippen LogP contribution >= 0.6 is 15.9 Å². The molecular weight excluding hydrogens is 300 g/mol. The van der Waals surface area contributed by atoms with Gasteiger partial charge in [0.25, 0.3) is 0 Å². The molecule has 1 aromatic heterocycles. The third kappa shape index (κ3) is 2.54. The third-order valence-electron chi connectivity index (χ3n) is 2.96. The minimum Gasteiger partial charge on any atom is -0.368 e. The monoisotopic (exact) mass is 314 g/mol. The molecule has 98 valence electrons. The SMILES string of the molecule is NNc1ncc(Br)c(N2CCCCC2C(N)=O)n1. The molecule has 1 unspecified atom stereocenters. The van der Waals surface area contributed by atoms with Gasteiger partial charge in [-0.1, -0.05) is 0 Å². The number of carbonyl (C=O) groups is 1. The summed E-state index contributed by atoms with van der Waals surface area (Å²) in [6, 6.07) is -0.324. The first-order chi connectivity index (χ1) is 8.63. The average Bonchev–Trinajstić information content (AvgIpc) is 2.39. The van der Waals surface area contributed by atoms with E-state index >= 15 is 0 Å². The van der Waals surface area contributed by atoms with Gasteiger partial charge in [0.2, 0.25) is 11.9 Å². The molecule has 0 aliphatic carbocycles. The summed E-state index contributed by atoms with van der Waals surface area (Å²) in [6.07, 6.45) is 4.35. The molecule has 1 saturated heterocycles. The number of nitrogens with one attached hydrogen (secondary N) is 1. The van der Waals surface area contributed by atoms with Gasteiger partial charge in [0, 0.05) is 12.7 Å². The summed E-state index contributed by atoms with van der Waals surface area (Å²) >= 11 is 3.38. The fourth-order valence-corrected chi connectivity index (χ4v) is 2.53. The van der Waals surface area contributed by atoms with Gasteiger partial charge < -0.3 is 10.6 Å². The largest absolute Gasteiger partial charge is 0.368 e. The Labute approximate surface area is 113 Å². The van der Waals surface area contributed by atoms with Gasteiger partial charge in [-0.15, -0.1) is 0 Å². The number of aromatic nitrogens is 2. The summed E-state index contributed by atoms with van der Waals surface area (Å²) < 4.78 is 0.717. The quantitative estimate of drug-likeness (QED) is 0.549. The van der Waals surface area contributed by atoms with Gasteiger partial charge in [0.1, 0.15) is 11.9 Å². The molecule has 0 aromatic carbocycles. The molecule has 1 amide bonds. The van der Waals surface area contributed by atoms with E-state index in [1.54, 1.807) is 6.20 Å². The van der Waals surface area contributed by atoms with Crippen molar-refractivity contribution >= 4 is 33.6 Å². The third-order valence-corrected chi connectivity index (χ3v) is 3.52. The number of anilines is 2. The highest BCUT2D eigenvalue weighted by Crippen LogP contribution is 2.29. The Bertz CT molecular complexity index is 454. The summed E-state index contributed by atoms with van der Waals surface area (Å²) in [6.45, 7) is 0.743. The van der Waals surface area contributed by atoms with Crippen LogP contribution in [-0.4, -0.2) is 28.5 Å². The molecule has 1 aliphatic rings. The van der Waals surface area contributed by atoms with E-state index in [0.717, 1.165) is 30.3 Å². The van der Waals surface area contributed by atoms with Crippen molar-refractivity contribution in [1.29, 1.82) is 0 Å². The Balaban J connectivity index is 2.35. The van der Waals surface area contributed by atoms with Gasteiger partial charge >= 0.3 is 0 Å². The summed E-state index contributed by atoms with van der Waals surface area (Å²) in [5, 5.41) is 0. The van der Waals surface area contributed by atoms with Crippen molar-refractivity contribution in [2.45, 2.75) is 25.3 Å². The van der Waals surface area contributed by atoms with Crippen molar-refractivity contribution in [2.75, 3.05) is 16.9 Å². The molecule has 1 aromatic rings. The highest BCUT2D eigenvalue weighted by molar-refractivity contribution is 9.10. The summed E-state index contributed by atoms with van der Waals surface area (Å²) in [5.74, 6) is 5.91. The number of hydrogen-bond donors (Lipinski definition) is 3. The lowest BCUT2D eigenvalue weighted by Gasteiger charge is -2.35. The summed E-state index contributed by atoms with van der Waals surface area (Å²) in [7, 11) is 0. The summed E-state index contributed by atoms with van der Waals surface area (Å²) in [5.41, 5.74) is 7.83. The van der Waals surface area contributed by atoms with Crippen molar-refractivity contribution in [3.8, 4) is 0 Å². The molecule has 2 rings (SSSR count). The van der Waals surface area contributed by atoms with Crippen LogP contribution in [0.4, 0.5) is 11.8 Å². The van der Waals surface area contributed by atoms with Crippen molar-refractivity contribution < 1.29 is 4.79 Å². The number of halogens is 1. The Hall–Kier alpha value is -1.41. The van der Waals surface area contributed by atoms with Crippen LogP contribution in [0.2, 0.25) is 0 Å². The molecule has 1 fully saturated rings. The van der Waals surface area contributed by atoms with Crippen LogP contribution in [0.5, 0.6) is 0 Å². The van der Waals surface area contributed by atoms with Crippen LogP contribution in [0.15, 0.2) is 10.7 Å². The maximum Gasteiger partial charge on any atom is 0.240 e. The lowest BCUT2D eigenvalue weighted by atomic mass is 10.0. The Morgan fingerprint density at radius 3 is 3.00 bits per heavy atom. The van der Waals surface area contributed by atoms with E-state index < -0.39 is 0 Å². The molecule has 18 heavy (non-hydrogen) atoms. The summed E-state index contributed by atoms with van der Waals surface area (Å²) in [4.78, 5) is 21.6. The van der Waals surface area contributed by atoms with Crippen molar-refractivity contribution in [3.63, 3.8) is 0 Å². The van der Waals surface area contributed by atoms with Crippen LogP contribution in [0.25, 0.3) is 0 Å². The van der Waals surface area contributed by atoms with E-state index in [2.05, 4.69) is 31.3 Å². The molecule has 7 nitrogen and oxygen atoms in total. The lowest BCUT2D eigenvalue weighted by Crippen LogP contribution is -2.48. The van der Waals surface area contributed by atoms with Crippen LogP contribution in [0.1, 0.15) is 19.3 Å².